The van der Waals surface area contributed by atoms with Crippen LogP contribution in [0.4, 0.5) is 0 Å². The molecule has 0 aromatic heterocycles. The molecule has 0 bridgehead atoms. The SMILES string of the molecule is CCNCCNC(=O)c1cc(O)ccc1O. The number of benzene rings is 1. The second-order valence-corrected chi connectivity index (χ2v) is 3.31. The zero-order valence-corrected chi connectivity index (χ0v) is 9.16. The van der Waals surface area contributed by atoms with Gasteiger partial charge in [0.25, 0.3) is 5.91 Å². The summed E-state index contributed by atoms with van der Waals surface area (Å²) in [5.41, 5.74) is 0.0801. The number of phenolic OH excluding ortho intramolecular Hbond substituents is 2. The highest BCUT2D eigenvalue weighted by molar-refractivity contribution is 5.97. The number of phenols is 2. The number of aromatic hydroxyl groups is 2. The van der Waals surface area contributed by atoms with Gasteiger partial charge < -0.3 is 20.8 Å². The van der Waals surface area contributed by atoms with Crippen LogP contribution in [-0.4, -0.2) is 35.8 Å². The highest BCUT2D eigenvalue weighted by atomic mass is 16.3. The maximum Gasteiger partial charge on any atom is 0.255 e. The molecule has 0 heterocycles. The summed E-state index contributed by atoms with van der Waals surface area (Å²) in [7, 11) is 0. The van der Waals surface area contributed by atoms with Crippen LogP contribution in [-0.2, 0) is 0 Å². The van der Waals surface area contributed by atoms with Crippen molar-refractivity contribution in [3.8, 4) is 11.5 Å². The summed E-state index contributed by atoms with van der Waals surface area (Å²) in [6.45, 7) is 3.96. The molecule has 1 amide bonds. The van der Waals surface area contributed by atoms with Crippen LogP contribution in [0.2, 0.25) is 0 Å². The van der Waals surface area contributed by atoms with Crippen molar-refractivity contribution in [3.63, 3.8) is 0 Å². The minimum absolute atomic E-state index is 0.0466. The Labute approximate surface area is 94.1 Å². The van der Waals surface area contributed by atoms with Crippen LogP contribution in [0.5, 0.6) is 11.5 Å². The monoisotopic (exact) mass is 224 g/mol. The van der Waals surface area contributed by atoms with Gasteiger partial charge in [0.05, 0.1) is 5.56 Å². The molecule has 0 fully saturated rings. The van der Waals surface area contributed by atoms with Gasteiger partial charge in [-0.25, -0.2) is 0 Å². The molecule has 0 spiro atoms. The third-order valence-electron chi connectivity index (χ3n) is 2.06. The molecule has 5 heteroatoms. The van der Waals surface area contributed by atoms with Crippen molar-refractivity contribution in [1.29, 1.82) is 0 Å². The number of hydrogen-bond acceptors (Lipinski definition) is 4. The van der Waals surface area contributed by atoms with Gasteiger partial charge >= 0.3 is 0 Å². The third-order valence-corrected chi connectivity index (χ3v) is 2.06. The summed E-state index contributed by atoms with van der Waals surface area (Å²) in [6, 6.07) is 3.84. The van der Waals surface area contributed by atoms with E-state index < -0.39 is 5.91 Å². The number of likely N-dealkylation sites (N-methyl/N-ethyl adjacent to an activating group) is 1. The third kappa shape index (κ3) is 3.43. The lowest BCUT2D eigenvalue weighted by Crippen LogP contribution is -2.31. The van der Waals surface area contributed by atoms with Crippen LogP contribution >= 0.6 is 0 Å². The summed E-state index contributed by atoms with van der Waals surface area (Å²) in [4.78, 5) is 11.6. The predicted octanol–water partition coefficient (Wildman–Crippen LogP) is 0.437. The molecular formula is C11H16N2O3. The summed E-state index contributed by atoms with van der Waals surface area (Å²) in [6.07, 6.45) is 0. The minimum Gasteiger partial charge on any atom is -0.508 e. The number of carbonyl (C=O) groups excluding carboxylic acids is 1. The minimum atomic E-state index is -0.397. The number of nitrogens with one attached hydrogen (secondary N) is 2. The first-order chi connectivity index (χ1) is 7.65. The van der Waals surface area contributed by atoms with Crippen LogP contribution in [0.15, 0.2) is 18.2 Å². The van der Waals surface area contributed by atoms with Gasteiger partial charge in [-0.2, -0.15) is 0 Å². The Hall–Kier alpha value is -1.75. The molecular weight excluding hydrogens is 208 g/mol. The average molecular weight is 224 g/mol. The van der Waals surface area contributed by atoms with Gasteiger partial charge in [0.2, 0.25) is 0 Å². The van der Waals surface area contributed by atoms with Crippen molar-refractivity contribution in [1.82, 2.24) is 10.6 Å². The van der Waals surface area contributed by atoms with Crippen molar-refractivity contribution >= 4 is 5.91 Å². The van der Waals surface area contributed by atoms with E-state index in [4.69, 9.17) is 0 Å². The standard InChI is InChI=1S/C11H16N2O3/c1-2-12-5-6-13-11(16)9-7-8(14)3-4-10(9)15/h3-4,7,12,14-15H,2,5-6H2,1H3,(H,13,16). The molecule has 1 aromatic carbocycles. The van der Waals surface area contributed by atoms with Gasteiger partial charge in [-0.1, -0.05) is 6.92 Å². The van der Waals surface area contributed by atoms with E-state index >= 15 is 0 Å². The lowest BCUT2D eigenvalue weighted by atomic mass is 10.2. The molecule has 0 radical (unpaired) electrons. The topological polar surface area (TPSA) is 81.6 Å². The summed E-state index contributed by atoms with van der Waals surface area (Å²) in [5.74, 6) is -0.584. The second kappa shape index (κ2) is 5.97. The van der Waals surface area contributed by atoms with Gasteiger partial charge in [0, 0.05) is 13.1 Å². The van der Waals surface area contributed by atoms with E-state index in [0.717, 1.165) is 6.54 Å². The molecule has 1 rings (SSSR count). The number of rotatable bonds is 5. The van der Waals surface area contributed by atoms with E-state index in [1.54, 1.807) is 0 Å². The van der Waals surface area contributed by atoms with Gasteiger partial charge in [0.15, 0.2) is 0 Å². The molecule has 0 aliphatic carbocycles. The molecule has 0 saturated heterocycles. The van der Waals surface area contributed by atoms with Crippen LogP contribution in [0.1, 0.15) is 17.3 Å². The lowest BCUT2D eigenvalue weighted by Gasteiger charge is -2.07. The predicted molar refractivity (Wildman–Crippen MR) is 60.6 cm³/mol. The van der Waals surface area contributed by atoms with Crippen molar-refractivity contribution in [3.05, 3.63) is 23.8 Å². The Balaban J connectivity index is 2.55. The zero-order valence-electron chi connectivity index (χ0n) is 9.16. The summed E-state index contributed by atoms with van der Waals surface area (Å²) >= 11 is 0. The second-order valence-electron chi connectivity index (χ2n) is 3.31. The van der Waals surface area contributed by atoms with E-state index in [0.29, 0.717) is 13.1 Å². The van der Waals surface area contributed by atoms with E-state index in [9.17, 15) is 15.0 Å². The highest BCUT2D eigenvalue weighted by Gasteiger charge is 2.10. The summed E-state index contributed by atoms with van der Waals surface area (Å²) in [5, 5.41) is 24.3. The maximum atomic E-state index is 11.6. The number of carbonyl (C=O) groups is 1. The zero-order chi connectivity index (χ0) is 12.0. The van der Waals surface area contributed by atoms with E-state index in [-0.39, 0.29) is 17.1 Å². The molecule has 1 aromatic rings. The first-order valence-corrected chi connectivity index (χ1v) is 5.16. The van der Waals surface area contributed by atoms with E-state index in [1.165, 1.54) is 18.2 Å². The quantitative estimate of drug-likeness (QED) is 0.432. The fourth-order valence-electron chi connectivity index (χ4n) is 1.24. The van der Waals surface area contributed by atoms with Crippen LogP contribution < -0.4 is 10.6 Å². The van der Waals surface area contributed by atoms with Crippen LogP contribution in [0, 0.1) is 0 Å². The number of amides is 1. The van der Waals surface area contributed by atoms with Crippen molar-refractivity contribution in [2.24, 2.45) is 0 Å². The lowest BCUT2D eigenvalue weighted by molar-refractivity contribution is 0.0951. The first-order valence-electron chi connectivity index (χ1n) is 5.16. The average Bonchev–Trinajstić information content (AvgIpc) is 2.27. The number of hydrogen-bond donors (Lipinski definition) is 4. The van der Waals surface area contributed by atoms with E-state index in [2.05, 4.69) is 10.6 Å². The first kappa shape index (κ1) is 12.3. The molecule has 0 aliphatic heterocycles. The van der Waals surface area contributed by atoms with Crippen LogP contribution in [0.25, 0.3) is 0 Å². The largest absolute Gasteiger partial charge is 0.508 e. The smallest absolute Gasteiger partial charge is 0.255 e. The Morgan fingerprint density at radius 2 is 2.06 bits per heavy atom. The molecule has 88 valence electrons. The van der Waals surface area contributed by atoms with E-state index in [1.807, 2.05) is 6.92 Å². The molecule has 16 heavy (non-hydrogen) atoms. The Kier molecular flexibility index (Phi) is 4.60. The van der Waals surface area contributed by atoms with Gasteiger partial charge in [-0.3, -0.25) is 4.79 Å². The fourth-order valence-corrected chi connectivity index (χ4v) is 1.24. The van der Waals surface area contributed by atoms with Crippen molar-refractivity contribution < 1.29 is 15.0 Å². The van der Waals surface area contributed by atoms with Crippen LogP contribution in [0.3, 0.4) is 0 Å². The fraction of sp³-hybridized carbons (Fsp3) is 0.364. The molecule has 0 saturated carbocycles. The molecule has 5 nitrogen and oxygen atoms in total. The Morgan fingerprint density at radius 1 is 1.31 bits per heavy atom. The van der Waals surface area contributed by atoms with Gasteiger partial charge in [-0.05, 0) is 24.7 Å². The maximum absolute atomic E-state index is 11.6. The molecule has 0 unspecified atom stereocenters. The van der Waals surface area contributed by atoms with Gasteiger partial charge in [0.1, 0.15) is 11.5 Å². The highest BCUT2D eigenvalue weighted by Crippen LogP contribution is 2.21. The van der Waals surface area contributed by atoms with Crippen molar-refractivity contribution in [2.75, 3.05) is 19.6 Å². The van der Waals surface area contributed by atoms with Crippen molar-refractivity contribution in [2.45, 2.75) is 6.92 Å². The Bertz CT molecular complexity index is 366. The molecule has 0 aliphatic rings. The molecule has 4 N–H and O–H groups in total. The Morgan fingerprint density at radius 3 is 2.75 bits per heavy atom. The normalized spacial score (nSPS) is 10.1. The summed E-state index contributed by atoms with van der Waals surface area (Å²) < 4.78 is 0. The van der Waals surface area contributed by atoms with Gasteiger partial charge in [-0.15, -0.1) is 0 Å². The molecule has 0 atom stereocenters.